The molecule has 3 aliphatic rings. The van der Waals surface area contributed by atoms with Crippen LogP contribution in [0.2, 0.25) is 0 Å². The Labute approximate surface area is 332 Å². The van der Waals surface area contributed by atoms with Gasteiger partial charge in [-0.3, -0.25) is 19.4 Å². The van der Waals surface area contributed by atoms with Crippen LogP contribution in [-0.2, 0) is 23.9 Å². The molecule has 2 aromatic carbocycles. The van der Waals surface area contributed by atoms with E-state index in [0.29, 0.717) is 31.3 Å². The fraction of sp³-hybridized carbons (Fsp3) is 0.488. The molecule has 3 aromatic rings. The molecule has 304 valence electrons. The van der Waals surface area contributed by atoms with Gasteiger partial charge in [0.2, 0.25) is 17.7 Å². The number of amidine groups is 1. The molecule has 1 unspecified atom stereocenters. The molecule has 0 spiro atoms. The van der Waals surface area contributed by atoms with Gasteiger partial charge in [0.1, 0.15) is 29.8 Å². The first kappa shape index (κ1) is 40.7. The lowest BCUT2D eigenvalue weighted by Gasteiger charge is -2.30. The van der Waals surface area contributed by atoms with Gasteiger partial charge in [-0.05, 0) is 46.9 Å². The number of benzene rings is 2. The fourth-order valence-electron chi connectivity index (χ4n) is 7.66. The number of aromatic amines is 1. The first-order valence-corrected chi connectivity index (χ1v) is 19.4. The lowest BCUT2D eigenvalue weighted by atomic mass is 9.99. The Morgan fingerprint density at radius 3 is 1.91 bits per heavy atom. The van der Waals surface area contributed by atoms with E-state index in [1.807, 2.05) is 39.8 Å². The Balaban J connectivity index is 1.09. The molecule has 2 saturated heterocycles. The van der Waals surface area contributed by atoms with Crippen LogP contribution in [0.4, 0.5) is 9.59 Å². The number of aliphatic imine (C=N–C) groups is 1. The summed E-state index contributed by atoms with van der Waals surface area (Å²) >= 11 is 0. The quantitative estimate of drug-likeness (QED) is 0.221. The van der Waals surface area contributed by atoms with E-state index in [0.717, 1.165) is 40.8 Å². The second-order valence-corrected chi connectivity index (χ2v) is 15.4. The number of hydrogen-bond donors (Lipinski definition) is 4. The van der Waals surface area contributed by atoms with E-state index in [-0.39, 0.29) is 48.3 Å². The second kappa shape index (κ2) is 17.5. The molecule has 16 heteroatoms. The lowest BCUT2D eigenvalue weighted by Crippen LogP contribution is -2.55. The third kappa shape index (κ3) is 8.89. The van der Waals surface area contributed by atoms with Crippen LogP contribution in [0.25, 0.3) is 22.4 Å². The zero-order valence-corrected chi connectivity index (χ0v) is 33.6. The fourth-order valence-corrected chi connectivity index (χ4v) is 7.66. The number of carbonyl (C=O) groups excluding carboxylic acids is 5. The molecule has 0 aliphatic carbocycles. The first-order chi connectivity index (χ1) is 27.3. The summed E-state index contributed by atoms with van der Waals surface area (Å²) in [6.45, 7) is 10.4. The number of hydrogen-bond acceptors (Lipinski definition) is 10. The van der Waals surface area contributed by atoms with Crippen molar-refractivity contribution < 1.29 is 33.4 Å². The number of alkyl carbamates (subject to hydrolysis) is 2. The van der Waals surface area contributed by atoms with Crippen molar-refractivity contribution in [1.82, 2.24) is 40.6 Å². The van der Waals surface area contributed by atoms with E-state index in [4.69, 9.17) is 14.5 Å². The van der Waals surface area contributed by atoms with E-state index in [1.54, 1.807) is 20.9 Å². The standard InChI is InChI=1S/C41H53N9O7/c1-23(2)34(46-40(54)56-6)38(52)49-18-8-9-32(49)36-42-19-30(44-36)28-14-10-26(11-15-28)27-12-16-29(17-13-27)31-20-43-37(45-31)33-21-48(25(5)51)22-50(33)39(53)35(24(3)4)47-41(55)57-7/h10-17,19,23-24,31-35H,8-9,18,20-22H2,1-7H3,(H,42,44)(H,43,45)(H,46,54)(H,47,55)/t31?,32-,33-,34-,35-/m0/s1. The molecule has 1 aromatic heterocycles. The number of amides is 5. The lowest BCUT2D eigenvalue weighted by molar-refractivity contribution is -0.136. The van der Waals surface area contributed by atoms with Gasteiger partial charge in [0.25, 0.3) is 0 Å². The minimum absolute atomic E-state index is 0.0991. The zero-order valence-electron chi connectivity index (χ0n) is 33.6. The summed E-state index contributed by atoms with van der Waals surface area (Å²) in [4.78, 5) is 81.6. The average Bonchev–Trinajstić information content (AvgIpc) is 4.04. The molecule has 2 fully saturated rings. The number of carbonyl (C=O) groups is 5. The summed E-state index contributed by atoms with van der Waals surface area (Å²) in [5, 5.41) is 8.84. The van der Waals surface area contributed by atoms with E-state index in [2.05, 4.69) is 62.3 Å². The number of imidazole rings is 1. The average molecular weight is 784 g/mol. The molecule has 4 heterocycles. The number of aromatic nitrogens is 2. The van der Waals surface area contributed by atoms with Gasteiger partial charge < -0.3 is 45.1 Å². The molecule has 16 nitrogen and oxygen atoms in total. The number of likely N-dealkylation sites (tertiary alicyclic amines) is 1. The van der Waals surface area contributed by atoms with Gasteiger partial charge in [0.15, 0.2) is 0 Å². The summed E-state index contributed by atoms with van der Waals surface area (Å²) in [6.07, 6.45) is 2.07. The zero-order chi connectivity index (χ0) is 41.0. The molecule has 3 aliphatic heterocycles. The SMILES string of the molecule is COC(=O)N[C@H](C(=O)N1CN(C(C)=O)C[C@H]1C1=NCC(c2ccc(-c3ccc(-c4cnc([C@@H]5CCCN5C(=O)[C@@H](NC(=O)OC)C(C)C)[nH]4)cc3)cc2)N1)C(C)C. The van der Waals surface area contributed by atoms with Crippen LogP contribution in [0.15, 0.2) is 59.7 Å². The van der Waals surface area contributed by atoms with Gasteiger partial charge in [0.05, 0.1) is 58.0 Å². The molecule has 57 heavy (non-hydrogen) atoms. The van der Waals surface area contributed by atoms with Crippen molar-refractivity contribution in [3.63, 3.8) is 0 Å². The van der Waals surface area contributed by atoms with Crippen LogP contribution in [0, 0.1) is 11.8 Å². The van der Waals surface area contributed by atoms with Gasteiger partial charge >= 0.3 is 12.2 Å². The predicted molar refractivity (Wildman–Crippen MR) is 213 cm³/mol. The highest BCUT2D eigenvalue weighted by atomic mass is 16.5. The van der Waals surface area contributed by atoms with E-state index < -0.39 is 30.3 Å². The topological polar surface area (TPSA) is 191 Å². The molecule has 6 rings (SSSR count). The smallest absolute Gasteiger partial charge is 0.407 e. The summed E-state index contributed by atoms with van der Waals surface area (Å²) in [6, 6.07) is 14.1. The van der Waals surface area contributed by atoms with Crippen molar-refractivity contribution in [2.45, 2.75) is 77.7 Å². The van der Waals surface area contributed by atoms with Crippen LogP contribution in [0.5, 0.6) is 0 Å². The highest BCUT2D eigenvalue weighted by molar-refractivity contribution is 5.96. The third-order valence-electron chi connectivity index (χ3n) is 11.0. The van der Waals surface area contributed by atoms with Crippen molar-refractivity contribution in [1.29, 1.82) is 0 Å². The number of nitrogens with zero attached hydrogens (tertiary/aromatic N) is 5. The van der Waals surface area contributed by atoms with Crippen molar-refractivity contribution in [3.8, 4) is 22.4 Å². The molecule has 5 amide bonds. The maximum Gasteiger partial charge on any atom is 0.407 e. The number of ether oxygens (including phenoxy) is 2. The Kier molecular flexibility index (Phi) is 12.5. The van der Waals surface area contributed by atoms with Crippen LogP contribution < -0.4 is 16.0 Å². The molecular weight excluding hydrogens is 731 g/mol. The van der Waals surface area contributed by atoms with Gasteiger partial charge in [-0.15, -0.1) is 0 Å². The number of nitrogens with one attached hydrogen (secondary N) is 4. The third-order valence-corrected chi connectivity index (χ3v) is 11.0. The monoisotopic (exact) mass is 783 g/mol. The minimum atomic E-state index is -0.828. The van der Waals surface area contributed by atoms with Gasteiger partial charge in [0, 0.05) is 13.5 Å². The predicted octanol–water partition coefficient (Wildman–Crippen LogP) is 4.23. The molecule has 0 saturated carbocycles. The molecule has 0 bridgehead atoms. The van der Waals surface area contributed by atoms with Crippen LogP contribution in [0.3, 0.4) is 0 Å². The highest BCUT2D eigenvalue weighted by Gasteiger charge is 2.43. The Bertz CT molecular complexity index is 1980. The molecular formula is C41H53N9O7. The van der Waals surface area contributed by atoms with E-state index in [9.17, 15) is 24.0 Å². The van der Waals surface area contributed by atoms with Crippen LogP contribution in [-0.4, -0.2) is 119 Å². The Morgan fingerprint density at radius 1 is 0.789 bits per heavy atom. The summed E-state index contributed by atoms with van der Waals surface area (Å²) in [5.41, 5.74) is 4.91. The van der Waals surface area contributed by atoms with Crippen molar-refractivity contribution in [3.05, 3.63) is 66.1 Å². The maximum absolute atomic E-state index is 13.8. The van der Waals surface area contributed by atoms with Crippen LogP contribution in [0.1, 0.15) is 70.9 Å². The number of rotatable bonds is 11. The highest BCUT2D eigenvalue weighted by Crippen LogP contribution is 2.33. The minimum Gasteiger partial charge on any atom is -0.453 e. The molecule has 0 radical (unpaired) electrons. The Hall–Kier alpha value is -5.93. The second-order valence-electron chi connectivity index (χ2n) is 15.4. The summed E-state index contributed by atoms with van der Waals surface area (Å²) in [5.74, 6) is 0.404. The maximum atomic E-state index is 13.8. The van der Waals surface area contributed by atoms with Gasteiger partial charge in [-0.1, -0.05) is 76.2 Å². The Morgan fingerprint density at radius 2 is 1.35 bits per heavy atom. The van der Waals surface area contributed by atoms with Gasteiger partial charge in [-0.2, -0.15) is 0 Å². The summed E-state index contributed by atoms with van der Waals surface area (Å²) < 4.78 is 9.50. The molecule has 5 atom stereocenters. The largest absolute Gasteiger partial charge is 0.453 e. The number of H-pyrrole nitrogens is 1. The van der Waals surface area contributed by atoms with E-state index >= 15 is 0 Å². The molecule has 4 N–H and O–H groups in total. The van der Waals surface area contributed by atoms with Crippen molar-refractivity contribution in [2.24, 2.45) is 16.8 Å². The number of methoxy groups -OCH3 is 2. The van der Waals surface area contributed by atoms with Crippen molar-refractivity contribution in [2.75, 3.05) is 40.5 Å². The van der Waals surface area contributed by atoms with E-state index in [1.165, 1.54) is 21.1 Å². The van der Waals surface area contributed by atoms with Gasteiger partial charge in [-0.25, -0.2) is 14.6 Å². The normalized spacial score (nSPS) is 20.3. The van der Waals surface area contributed by atoms with Crippen LogP contribution >= 0.6 is 0 Å². The summed E-state index contributed by atoms with van der Waals surface area (Å²) in [7, 11) is 2.53. The first-order valence-electron chi connectivity index (χ1n) is 19.4. The van der Waals surface area contributed by atoms with Crippen molar-refractivity contribution >= 4 is 35.7 Å².